The van der Waals surface area contributed by atoms with Crippen LogP contribution >= 0.6 is 15.9 Å². The van der Waals surface area contributed by atoms with Crippen molar-refractivity contribution in [2.24, 2.45) is 11.7 Å². The highest BCUT2D eigenvalue weighted by atomic mass is 79.9. The van der Waals surface area contributed by atoms with Crippen LogP contribution in [0.25, 0.3) is 0 Å². The van der Waals surface area contributed by atoms with E-state index < -0.39 is 0 Å². The quantitative estimate of drug-likeness (QED) is 0.743. The minimum Gasteiger partial charge on any atom is -0.330 e. The Morgan fingerprint density at radius 2 is 2.10 bits per heavy atom. The van der Waals surface area contributed by atoms with Gasteiger partial charge in [0, 0.05) is 16.6 Å². The topological polar surface area (TPSA) is 55.1 Å². The fraction of sp³-hybridized carbons (Fsp3) is 0.562. The zero-order valence-corrected chi connectivity index (χ0v) is 14.0. The first-order valence-corrected chi connectivity index (χ1v) is 8.12. The van der Waals surface area contributed by atoms with Gasteiger partial charge in [-0.1, -0.05) is 35.7 Å². The van der Waals surface area contributed by atoms with E-state index in [0.717, 1.165) is 41.4 Å². The second kappa shape index (κ2) is 9.14. The largest absolute Gasteiger partial charge is 0.330 e. The van der Waals surface area contributed by atoms with Crippen molar-refractivity contribution in [2.75, 3.05) is 11.9 Å². The van der Waals surface area contributed by atoms with Crippen molar-refractivity contribution < 1.29 is 4.79 Å². The number of amides is 1. The number of anilines is 1. The minimum absolute atomic E-state index is 0.0912. The number of benzene rings is 1. The third-order valence-corrected chi connectivity index (χ3v) is 4.01. The maximum absolute atomic E-state index is 12.0. The Morgan fingerprint density at radius 3 is 2.70 bits per heavy atom. The summed E-state index contributed by atoms with van der Waals surface area (Å²) in [6.07, 6.45) is 4.81. The Balaban J connectivity index is 2.46. The first kappa shape index (κ1) is 17.2. The summed E-state index contributed by atoms with van der Waals surface area (Å²) in [5, 5.41) is 2.99. The number of nitrogens with two attached hydrogens (primary N) is 1. The van der Waals surface area contributed by atoms with Gasteiger partial charge < -0.3 is 11.1 Å². The van der Waals surface area contributed by atoms with Crippen LogP contribution in [0, 0.1) is 12.8 Å². The second-order valence-corrected chi connectivity index (χ2v) is 6.19. The number of carbonyl (C=O) groups is 1. The maximum Gasteiger partial charge on any atom is 0.224 e. The van der Waals surface area contributed by atoms with Crippen molar-refractivity contribution in [3.8, 4) is 0 Å². The molecule has 1 unspecified atom stereocenters. The lowest BCUT2D eigenvalue weighted by Crippen LogP contribution is -2.15. The van der Waals surface area contributed by atoms with Crippen LogP contribution in [0.15, 0.2) is 22.7 Å². The number of hydrogen-bond acceptors (Lipinski definition) is 2. The van der Waals surface area contributed by atoms with Crippen LogP contribution in [0.1, 0.15) is 44.6 Å². The molecule has 0 heterocycles. The second-order valence-electron chi connectivity index (χ2n) is 5.28. The molecule has 0 aliphatic rings. The highest BCUT2D eigenvalue weighted by Crippen LogP contribution is 2.21. The van der Waals surface area contributed by atoms with Gasteiger partial charge >= 0.3 is 0 Å². The predicted octanol–water partition coefficient (Wildman–Crippen LogP) is 4.24. The summed E-state index contributed by atoms with van der Waals surface area (Å²) in [5.74, 6) is 0.662. The molecule has 0 aromatic heterocycles. The predicted molar refractivity (Wildman–Crippen MR) is 88.8 cm³/mol. The molecule has 4 heteroatoms. The molecular weight excluding hydrogens is 316 g/mol. The summed E-state index contributed by atoms with van der Waals surface area (Å²) < 4.78 is 1.03. The van der Waals surface area contributed by atoms with Gasteiger partial charge in [-0.05, 0) is 56.0 Å². The number of rotatable bonds is 8. The zero-order valence-electron chi connectivity index (χ0n) is 12.4. The molecule has 1 atom stereocenters. The Kier molecular flexibility index (Phi) is 7.85. The summed E-state index contributed by atoms with van der Waals surface area (Å²) in [6.45, 7) is 4.88. The molecule has 0 aliphatic carbocycles. The Hall–Kier alpha value is -0.870. The molecule has 1 aromatic rings. The third-order valence-electron chi connectivity index (χ3n) is 3.51. The van der Waals surface area contributed by atoms with Gasteiger partial charge in [0.15, 0.2) is 0 Å². The van der Waals surface area contributed by atoms with Gasteiger partial charge in [-0.3, -0.25) is 4.79 Å². The summed E-state index contributed by atoms with van der Waals surface area (Å²) in [6, 6.07) is 5.88. The number of carbonyl (C=O) groups excluding carboxylic acids is 1. The van der Waals surface area contributed by atoms with Crippen molar-refractivity contribution in [1.82, 2.24) is 0 Å². The fourth-order valence-electron chi connectivity index (χ4n) is 2.39. The zero-order chi connectivity index (χ0) is 15.0. The van der Waals surface area contributed by atoms with Crippen molar-refractivity contribution >= 4 is 27.5 Å². The first-order valence-electron chi connectivity index (χ1n) is 7.32. The molecule has 1 rings (SSSR count). The monoisotopic (exact) mass is 340 g/mol. The summed E-state index contributed by atoms with van der Waals surface area (Å²) >= 11 is 3.42. The van der Waals surface area contributed by atoms with Crippen molar-refractivity contribution in [2.45, 2.75) is 46.0 Å². The van der Waals surface area contributed by atoms with Crippen LogP contribution in [0.5, 0.6) is 0 Å². The van der Waals surface area contributed by atoms with Crippen LogP contribution in [-0.4, -0.2) is 12.5 Å². The molecule has 0 saturated heterocycles. The van der Waals surface area contributed by atoms with Gasteiger partial charge in [0.2, 0.25) is 5.91 Å². The molecule has 0 radical (unpaired) electrons. The van der Waals surface area contributed by atoms with E-state index in [1.165, 1.54) is 0 Å². The summed E-state index contributed by atoms with van der Waals surface area (Å²) in [5.41, 5.74) is 7.58. The first-order chi connectivity index (χ1) is 9.56. The Morgan fingerprint density at radius 1 is 1.35 bits per heavy atom. The third kappa shape index (κ3) is 6.06. The van der Waals surface area contributed by atoms with Crippen LogP contribution in [0.4, 0.5) is 5.69 Å². The van der Waals surface area contributed by atoms with Gasteiger partial charge in [-0.25, -0.2) is 0 Å². The molecule has 20 heavy (non-hydrogen) atoms. The standard InChI is InChI=1S/C16H25BrN2O/c1-3-4-13(9-10-18)5-8-16(20)19-15-7-6-14(17)11-12(15)2/h6-7,11,13H,3-5,8-10,18H2,1-2H3,(H,19,20). The van der Waals surface area contributed by atoms with Gasteiger partial charge in [0.05, 0.1) is 0 Å². The van der Waals surface area contributed by atoms with E-state index in [1.54, 1.807) is 0 Å². The Bertz CT molecular complexity index is 428. The van der Waals surface area contributed by atoms with E-state index >= 15 is 0 Å². The normalized spacial score (nSPS) is 12.2. The van der Waals surface area contributed by atoms with E-state index in [0.29, 0.717) is 18.9 Å². The highest BCUT2D eigenvalue weighted by molar-refractivity contribution is 9.10. The van der Waals surface area contributed by atoms with Gasteiger partial charge in [-0.2, -0.15) is 0 Å². The van der Waals surface area contributed by atoms with E-state index in [-0.39, 0.29) is 5.91 Å². The smallest absolute Gasteiger partial charge is 0.224 e. The van der Waals surface area contributed by atoms with E-state index in [1.807, 2.05) is 25.1 Å². The molecule has 3 N–H and O–H groups in total. The molecule has 112 valence electrons. The maximum atomic E-state index is 12.0. The SMILES string of the molecule is CCCC(CCN)CCC(=O)Nc1ccc(Br)cc1C. The molecule has 0 saturated carbocycles. The average Bonchev–Trinajstić information content (AvgIpc) is 2.40. The average molecular weight is 341 g/mol. The highest BCUT2D eigenvalue weighted by Gasteiger charge is 2.11. The number of halogens is 1. The van der Waals surface area contributed by atoms with Crippen LogP contribution in [0.3, 0.4) is 0 Å². The number of nitrogens with one attached hydrogen (secondary N) is 1. The molecule has 3 nitrogen and oxygen atoms in total. The van der Waals surface area contributed by atoms with Gasteiger partial charge in [-0.15, -0.1) is 0 Å². The molecule has 0 fully saturated rings. The van der Waals surface area contributed by atoms with Gasteiger partial charge in [0.1, 0.15) is 0 Å². The lowest BCUT2D eigenvalue weighted by Gasteiger charge is -2.15. The summed E-state index contributed by atoms with van der Waals surface area (Å²) in [7, 11) is 0. The molecule has 0 aliphatic heterocycles. The lowest BCUT2D eigenvalue weighted by molar-refractivity contribution is -0.116. The molecule has 1 amide bonds. The van der Waals surface area contributed by atoms with E-state index in [2.05, 4.69) is 28.2 Å². The summed E-state index contributed by atoms with van der Waals surface area (Å²) in [4.78, 5) is 12.0. The van der Waals surface area contributed by atoms with Crippen molar-refractivity contribution in [1.29, 1.82) is 0 Å². The fourth-order valence-corrected chi connectivity index (χ4v) is 2.87. The van der Waals surface area contributed by atoms with Gasteiger partial charge in [0.25, 0.3) is 0 Å². The van der Waals surface area contributed by atoms with E-state index in [9.17, 15) is 4.79 Å². The molecular formula is C16H25BrN2O. The Labute approximate surface area is 130 Å². The minimum atomic E-state index is 0.0912. The number of aryl methyl sites for hydroxylation is 1. The molecule has 1 aromatic carbocycles. The lowest BCUT2D eigenvalue weighted by atomic mass is 9.94. The molecule has 0 spiro atoms. The van der Waals surface area contributed by atoms with Crippen LogP contribution in [0.2, 0.25) is 0 Å². The van der Waals surface area contributed by atoms with Crippen LogP contribution < -0.4 is 11.1 Å². The van der Waals surface area contributed by atoms with Crippen molar-refractivity contribution in [3.05, 3.63) is 28.2 Å². The van der Waals surface area contributed by atoms with E-state index in [4.69, 9.17) is 5.73 Å². The van der Waals surface area contributed by atoms with Crippen LogP contribution in [-0.2, 0) is 4.79 Å². The molecule has 0 bridgehead atoms. The number of hydrogen-bond donors (Lipinski definition) is 2. The van der Waals surface area contributed by atoms with Crippen molar-refractivity contribution in [3.63, 3.8) is 0 Å².